The van der Waals surface area contributed by atoms with Gasteiger partial charge in [0, 0.05) is 32.4 Å². The summed E-state index contributed by atoms with van der Waals surface area (Å²) in [7, 11) is 1.41. The minimum atomic E-state index is -2.75. The van der Waals surface area contributed by atoms with Gasteiger partial charge in [-0.2, -0.15) is 0 Å². The number of likely N-dealkylation sites (N-methyl/N-ethyl adjacent to an activating group) is 1. The van der Waals surface area contributed by atoms with E-state index in [2.05, 4.69) is 58.5 Å². The van der Waals surface area contributed by atoms with Crippen LogP contribution >= 0.6 is 0 Å². The summed E-state index contributed by atoms with van der Waals surface area (Å²) < 4.78 is 0. The molecule has 1 fully saturated rings. The maximum atomic E-state index is 15.1. The summed E-state index contributed by atoms with van der Waals surface area (Å²) in [5, 5.41) is 72.8. The molecule has 0 aliphatic heterocycles. The Labute approximate surface area is 514 Å². The highest BCUT2D eigenvalue weighted by Crippen LogP contribution is 2.37. The third-order valence-electron chi connectivity index (χ3n) is 14.2. The fourth-order valence-corrected chi connectivity index (χ4v) is 9.72. The number of benzene rings is 2. The van der Waals surface area contributed by atoms with Crippen molar-refractivity contribution in [1.29, 1.82) is 10.8 Å². The maximum absolute atomic E-state index is 15.1. The normalized spacial score (nSPS) is 17.2. The molecule has 24 N–H and O–H groups in total. The van der Waals surface area contributed by atoms with Gasteiger partial charge in [-0.15, -0.1) is 0 Å². The maximum Gasteiger partial charge on any atom is 0.255 e. The van der Waals surface area contributed by atoms with E-state index in [1.54, 1.807) is 27.7 Å². The molecule has 0 saturated heterocycles. The van der Waals surface area contributed by atoms with Gasteiger partial charge in [0.1, 0.15) is 59.6 Å². The summed E-state index contributed by atoms with van der Waals surface area (Å²) in [6.45, 7) is 5.27. The number of nitrogens with one attached hydrogen (secondary N) is 13. The van der Waals surface area contributed by atoms with Crippen LogP contribution in [0.5, 0.6) is 11.5 Å². The standard InChI is InChI=1S/C57H87N17O15/c1-29(2)24-37(69-52(87)39(26-43(58)80)72-54(89)57(74-44(81)27-64-5)42(79)13-7-6-12-41(78)45(57)32-16-20-34(77)21-17-32)50(85)70-38(25-31-14-18-33(76)19-15-31)51(86)67-36(11-9-23-66-56(62)63)49(84)73-46(30(3)4)53(88)68-35(10-8-22-65-55(60)61)48(83)71-40(28-75)47(59)82/h14-21,29-30,35-40,45-46,64,75-77H,6-13,22-28H2,1-5H3,(H2,58,80)(H2,59,82)(H,67,86)(H,68,88)(H,69,87)(H,70,85)(H,71,83)(H,72,89)(H,73,84)(H,74,81)(H4,60,61,65)(H4,62,63,66)/t35-,36-,37-,38-,39-,40-,45?,46-,57-/m0/s1. The van der Waals surface area contributed by atoms with Crippen molar-refractivity contribution in [3.63, 3.8) is 0 Å². The van der Waals surface area contributed by atoms with Crippen LogP contribution in [0.3, 0.4) is 0 Å². The minimum Gasteiger partial charge on any atom is -0.508 e. The van der Waals surface area contributed by atoms with Gasteiger partial charge in [-0.25, -0.2) is 0 Å². The van der Waals surface area contributed by atoms with E-state index in [0.29, 0.717) is 5.56 Å². The molecule has 32 nitrogen and oxygen atoms in total. The molecule has 32 heteroatoms. The van der Waals surface area contributed by atoms with Crippen molar-refractivity contribution < 1.29 is 72.9 Å². The Kier molecular flexibility index (Phi) is 29.8. The highest BCUT2D eigenvalue weighted by molar-refractivity contribution is 6.19. The Hall–Kier alpha value is -9.46. The van der Waals surface area contributed by atoms with Gasteiger partial charge >= 0.3 is 0 Å². The van der Waals surface area contributed by atoms with E-state index in [0.717, 1.165) is 0 Å². The molecule has 89 heavy (non-hydrogen) atoms. The third-order valence-corrected chi connectivity index (χ3v) is 14.2. The number of Topliss-reactive ketones (excluding diaryl/α,β-unsaturated/α-hetero) is 2. The second-order valence-corrected chi connectivity index (χ2v) is 22.3. The van der Waals surface area contributed by atoms with E-state index in [1.807, 2.05) is 0 Å². The number of amides is 10. The largest absolute Gasteiger partial charge is 0.508 e. The highest BCUT2D eigenvalue weighted by Gasteiger charge is 2.57. The van der Waals surface area contributed by atoms with E-state index in [4.69, 9.17) is 33.8 Å². The van der Waals surface area contributed by atoms with Crippen molar-refractivity contribution in [3.05, 3.63) is 59.7 Å². The van der Waals surface area contributed by atoms with Crippen LogP contribution in [0.25, 0.3) is 0 Å². The molecule has 1 unspecified atom stereocenters. The Balaban J connectivity index is 2.09. The van der Waals surface area contributed by atoms with Gasteiger partial charge in [0.2, 0.25) is 53.2 Å². The number of phenolic OH excluding ortho intramolecular Hbond substituents is 2. The lowest BCUT2D eigenvalue weighted by Crippen LogP contribution is -2.71. The van der Waals surface area contributed by atoms with Crippen LogP contribution in [-0.4, -0.2) is 179 Å². The van der Waals surface area contributed by atoms with Crippen LogP contribution in [-0.2, 0) is 64.0 Å². The fourth-order valence-electron chi connectivity index (χ4n) is 9.72. The molecule has 1 aliphatic carbocycles. The molecule has 3 rings (SSSR count). The number of nitrogens with two attached hydrogens (primary N) is 4. The van der Waals surface area contributed by atoms with Gasteiger partial charge in [-0.3, -0.25) is 68.4 Å². The average Bonchev–Trinajstić information content (AvgIpc) is 1.52. The summed E-state index contributed by atoms with van der Waals surface area (Å²) >= 11 is 0. The first-order chi connectivity index (χ1) is 41.9. The molecule has 0 radical (unpaired) electrons. The zero-order valence-electron chi connectivity index (χ0n) is 50.5. The van der Waals surface area contributed by atoms with Gasteiger partial charge in [-0.05, 0) is 99.2 Å². The predicted molar refractivity (Wildman–Crippen MR) is 322 cm³/mol. The lowest BCUT2D eigenvalue weighted by Gasteiger charge is -2.40. The summed E-state index contributed by atoms with van der Waals surface area (Å²) in [5.41, 5.74) is 19.5. The van der Waals surface area contributed by atoms with Gasteiger partial charge in [0.05, 0.1) is 25.5 Å². The Morgan fingerprint density at radius 2 is 1.08 bits per heavy atom. The average molecular weight is 1250 g/mol. The number of phenols is 2. The number of ketones is 2. The van der Waals surface area contributed by atoms with E-state index in [-0.39, 0.29) is 100 Å². The quantitative estimate of drug-likeness (QED) is 0.0133. The number of hydrogen-bond acceptors (Lipinski definition) is 18. The van der Waals surface area contributed by atoms with Gasteiger partial charge < -0.3 is 96.7 Å². The molecule has 10 amide bonds. The first-order valence-corrected chi connectivity index (χ1v) is 29.0. The third kappa shape index (κ3) is 23.6. The number of rotatable bonds is 35. The number of aromatic hydroxyl groups is 2. The van der Waals surface area contributed by atoms with E-state index in [1.165, 1.54) is 55.6 Å². The Morgan fingerprint density at radius 3 is 1.58 bits per heavy atom. The molecule has 490 valence electrons. The number of aliphatic hydroxyl groups excluding tert-OH is 1. The molecule has 1 saturated carbocycles. The van der Waals surface area contributed by atoms with Gasteiger partial charge in [0.25, 0.3) is 5.91 Å². The number of aliphatic hydroxyl groups is 1. The second kappa shape index (κ2) is 36.0. The van der Waals surface area contributed by atoms with Crippen LogP contribution < -0.4 is 81.4 Å². The molecule has 0 bridgehead atoms. The number of carbonyl (C=O) groups excluding carboxylic acids is 12. The summed E-state index contributed by atoms with van der Waals surface area (Å²) in [6, 6.07) is -0.577. The lowest BCUT2D eigenvalue weighted by molar-refractivity contribution is -0.148. The SMILES string of the molecule is CNCC(=O)N[C@@]1(C(=O)N[C@@H](CC(N)=O)C(=O)N[C@@H](CC(C)C)C(=O)N[C@@H](Cc2ccc(O)cc2)C(=O)N[C@@H](CCCNC(=N)N)C(=O)N[C@H](C(=O)N[C@@H](CCCNC(=N)N)C(=O)N[C@@H](CO)C(N)=O)C(C)C)C(=O)CCCCC(=O)C1c1ccc(O)cc1. The highest BCUT2D eigenvalue weighted by atomic mass is 16.3. The molecule has 0 spiro atoms. The Morgan fingerprint density at radius 1 is 0.607 bits per heavy atom. The molecular weight excluding hydrogens is 1160 g/mol. The molecule has 9 atom stereocenters. The van der Waals surface area contributed by atoms with Crippen molar-refractivity contribution in [1.82, 2.24) is 58.5 Å². The fraction of sp³-hybridized carbons (Fsp3) is 0.544. The van der Waals surface area contributed by atoms with Gasteiger partial charge in [0.15, 0.2) is 23.2 Å². The first kappa shape index (κ1) is 73.8. The number of hydrogen-bond donors (Lipinski definition) is 20. The Bertz CT molecular complexity index is 2860. The minimum absolute atomic E-state index is 0.0132. The van der Waals surface area contributed by atoms with Crippen LogP contribution in [0.4, 0.5) is 0 Å². The predicted octanol–water partition coefficient (Wildman–Crippen LogP) is -4.81. The summed E-state index contributed by atoms with van der Waals surface area (Å²) in [4.78, 5) is 168. The van der Waals surface area contributed by atoms with E-state index in [9.17, 15) is 68.1 Å². The molecule has 1 aliphatic rings. The van der Waals surface area contributed by atoms with Crippen molar-refractivity contribution >= 4 is 82.6 Å². The van der Waals surface area contributed by atoms with Crippen LogP contribution in [0, 0.1) is 22.7 Å². The van der Waals surface area contributed by atoms with Crippen LogP contribution in [0.1, 0.15) is 109 Å². The smallest absolute Gasteiger partial charge is 0.255 e. The van der Waals surface area contributed by atoms with Crippen LogP contribution in [0.15, 0.2) is 48.5 Å². The first-order valence-electron chi connectivity index (χ1n) is 29.0. The monoisotopic (exact) mass is 1250 g/mol. The van der Waals surface area contributed by atoms with Gasteiger partial charge in [-0.1, -0.05) is 52.0 Å². The summed E-state index contributed by atoms with van der Waals surface area (Å²) in [5.74, 6) is -16.1. The van der Waals surface area contributed by atoms with Crippen molar-refractivity contribution in [2.45, 2.75) is 152 Å². The van der Waals surface area contributed by atoms with Crippen molar-refractivity contribution in [2.75, 3.05) is 33.3 Å². The van der Waals surface area contributed by atoms with Crippen LogP contribution in [0.2, 0.25) is 0 Å². The molecular formula is C57H87N17O15. The molecule has 2 aromatic rings. The number of carbonyl (C=O) groups is 12. The second-order valence-electron chi connectivity index (χ2n) is 22.3. The lowest BCUT2D eigenvalue weighted by atomic mass is 9.69. The number of primary amides is 2. The number of guanidine groups is 2. The summed E-state index contributed by atoms with van der Waals surface area (Å²) in [6.07, 6.45) is -1.65. The zero-order valence-corrected chi connectivity index (χ0v) is 50.5. The molecule has 0 heterocycles. The van der Waals surface area contributed by atoms with E-state index >= 15 is 4.79 Å². The topological polar surface area (TPSA) is 550 Å². The van der Waals surface area contributed by atoms with E-state index < -0.39 is 162 Å². The molecule has 0 aromatic heterocycles. The van der Waals surface area contributed by atoms with Crippen molar-refractivity contribution in [2.24, 2.45) is 34.8 Å². The zero-order chi connectivity index (χ0) is 66.7. The molecule has 2 aromatic carbocycles. The van der Waals surface area contributed by atoms with Crippen molar-refractivity contribution in [3.8, 4) is 11.5 Å².